The molecule has 0 aliphatic carbocycles. The Labute approximate surface area is 207 Å². The molecule has 2 rings (SSSR count). The largest absolute Gasteiger partial charge is 0.465 e. The highest BCUT2D eigenvalue weighted by Crippen LogP contribution is 2.41. The summed E-state index contributed by atoms with van der Waals surface area (Å²) in [6.07, 6.45) is -7.32. The molecule has 0 saturated heterocycles. The van der Waals surface area contributed by atoms with Crippen molar-refractivity contribution in [1.29, 1.82) is 0 Å². The Morgan fingerprint density at radius 1 is 0.861 bits per heavy atom. The number of benzene rings is 2. The number of hydrogen-bond donors (Lipinski definition) is 0. The molecule has 198 valence electrons. The smallest absolute Gasteiger partial charge is 0.417 e. The van der Waals surface area contributed by atoms with E-state index in [9.17, 15) is 35.9 Å². The van der Waals surface area contributed by atoms with Crippen LogP contribution in [0.4, 0.5) is 26.3 Å². The monoisotopic (exact) mass is 537 g/mol. The van der Waals surface area contributed by atoms with Crippen molar-refractivity contribution in [2.24, 2.45) is 5.92 Å². The van der Waals surface area contributed by atoms with Crippen LogP contribution in [-0.2, 0) is 26.4 Å². The Kier molecular flexibility index (Phi) is 12.3. The van der Waals surface area contributed by atoms with Crippen LogP contribution in [0.2, 0.25) is 0 Å². The lowest BCUT2D eigenvalue weighted by Crippen LogP contribution is -2.30. The van der Waals surface area contributed by atoms with Crippen molar-refractivity contribution in [1.82, 2.24) is 0 Å². The second kappa shape index (κ2) is 14.1. The van der Waals surface area contributed by atoms with E-state index in [2.05, 4.69) is 0 Å². The van der Waals surface area contributed by atoms with Crippen molar-refractivity contribution >= 4 is 20.9 Å². The quantitative estimate of drug-likeness (QED) is 0.103. The number of esters is 1. The zero-order valence-corrected chi connectivity index (χ0v) is 20.9. The number of alkyl halides is 6. The molecule has 0 heterocycles. The third kappa shape index (κ3) is 8.43. The number of carbonyl (C=O) groups excluding carboxylic acids is 2. The van der Waals surface area contributed by atoms with Gasteiger partial charge in [0.15, 0.2) is 5.78 Å². The van der Waals surface area contributed by atoms with E-state index in [1.54, 1.807) is 6.07 Å². The molecule has 0 bridgehead atoms. The highest BCUT2D eigenvalue weighted by Gasteiger charge is 2.45. The summed E-state index contributed by atoms with van der Waals surface area (Å²) in [4.78, 5) is 26.3. The fourth-order valence-electron chi connectivity index (χ4n) is 3.66. The van der Waals surface area contributed by atoms with Crippen molar-refractivity contribution in [3.8, 4) is 0 Å². The molecule has 0 radical (unpaired) electrons. The minimum atomic E-state index is -5.25. The number of unbranched alkanes of at least 4 members (excludes halogenated alkanes) is 1. The molecule has 0 aliphatic heterocycles. The Balaban J connectivity index is 0.00000316. The number of rotatable bonds is 10. The van der Waals surface area contributed by atoms with Crippen LogP contribution in [0.1, 0.15) is 72.5 Å². The predicted octanol–water partition coefficient (Wildman–Crippen LogP) is 7.66. The number of halogens is 6. The van der Waals surface area contributed by atoms with Crippen LogP contribution in [0.5, 0.6) is 0 Å². The van der Waals surface area contributed by atoms with Gasteiger partial charge >= 0.3 is 27.4 Å². The van der Waals surface area contributed by atoms with Crippen LogP contribution in [0.25, 0.3) is 0 Å². The topological polar surface area (TPSA) is 60.4 Å². The van der Waals surface area contributed by atoms with Gasteiger partial charge < -0.3 is 4.74 Å². The average molecular weight is 537 g/mol. The number of ketones is 1. The van der Waals surface area contributed by atoms with Crippen LogP contribution in [0.15, 0.2) is 48.5 Å². The summed E-state index contributed by atoms with van der Waals surface area (Å²) >= 11 is 0. The SMILES string of the molecule is CCCCC(CC)COC(=O)C(C(=O)c1c(C(F)(F)F)cccc1C(F)(F)F)c1ccccc1.O=[PH2+]. The summed E-state index contributed by atoms with van der Waals surface area (Å²) in [7, 11) is 1.17. The van der Waals surface area contributed by atoms with E-state index >= 15 is 0 Å². The molecule has 0 N–H and O–H groups in total. The van der Waals surface area contributed by atoms with Gasteiger partial charge in [-0.05, 0) is 30.0 Å². The Morgan fingerprint density at radius 3 is 1.83 bits per heavy atom. The first-order valence-corrected chi connectivity index (χ1v) is 11.7. The van der Waals surface area contributed by atoms with Gasteiger partial charge in [0, 0.05) is 5.56 Å². The van der Waals surface area contributed by atoms with Crippen molar-refractivity contribution in [3.63, 3.8) is 0 Å². The van der Waals surface area contributed by atoms with Crippen molar-refractivity contribution in [3.05, 3.63) is 70.8 Å². The van der Waals surface area contributed by atoms with Gasteiger partial charge in [-0.1, -0.05) is 74.1 Å². The number of hydrogen-bond acceptors (Lipinski definition) is 4. The normalized spacial score (nSPS) is 13.2. The fraction of sp³-hybridized carbons (Fsp3) is 0.440. The molecule has 2 aromatic carbocycles. The first kappa shape index (κ1) is 31.3. The zero-order valence-electron chi connectivity index (χ0n) is 19.8. The summed E-state index contributed by atoms with van der Waals surface area (Å²) < 4.78 is 95.2. The van der Waals surface area contributed by atoms with Crippen LogP contribution in [-0.4, -0.2) is 18.4 Å². The standard InChI is InChI=1S/C25H26F6O3.H2OP/c1-3-5-10-16(4-2)15-34-23(33)20(17-11-7-6-8-12-17)22(32)21-18(24(26,27)28)13-9-14-19(21)25(29,30)31;1-2/h6-9,11-14,16,20H,3-5,10,15H2,1-2H3;2H2/q;+1. The maximum Gasteiger partial charge on any atom is 0.417 e. The summed E-state index contributed by atoms with van der Waals surface area (Å²) in [5, 5.41) is 0. The van der Waals surface area contributed by atoms with E-state index in [1.807, 2.05) is 13.8 Å². The molecule has 0 amide bonds. The molecular formula is C25H28F6O4P+. The van der Waals surface area contributed by atoms with E-state index in [1.165, 1.54) is 33.4 Å². The Hall–Kier alpha value is -2.74. The fourth-order valence-corrected chi connectivity index (χ4v) is 3.66. The lowest BCUT2D eigenvalue weighted by Gasteiger charge is -2.22. The summed E-state index contributed by atoms with van der Waals surface area (Å²) in [6, 6.07) is 8.36. The summed E-state index contributed by atoms with van der Waals surface area (Å²) in [6.45, 7) is 3.78. The summed E-state index contributed by atoms with van der Waals surface area (Å²) in [5.74, 6) is -4.81. The van der Waals surface area contributed by atoms with E-state index in [4.69, 9.17) is 9.30 Å². The van der Waals surface area contributed by atoms with Gasteiger partial charge in [0.25, 0.3) is 0 Å². The minimum absolute atomic E-state index is 0.0383. The van der Waals surface area contributed by atoms with E-state index in [0.717, 1.165) is 19.3 Å². The number of Topliss-reactive ketones (excluding diaryl/α,β-unsaturated/α-hetero) is 1. The predicted molar refractivity (Wildman–Crippen MR) is 125 cm³/mol. The lowest BCUT2D eigenvalue weighted by atomic mass is 9.85. The van der Waals surface area contributed by atoms with Gasteiger partial charge in [0.1, 0.15) is 5.92 Å². The molecule has 0 saturated carbocycles. The highest BCUT2D eigenvalue weighted by molar-refractivity contribution is 7.00. The molecule has 4 nitrogen and oxygen atoms in total. The van der Waals surface area contributed by atoms with Gasteiger partial charge in [-0.25, -0.2) is 0 Å². The number of ether oxygens (including phenoxy) is 1. The van der Waals surface area contributed by atoms with Crippen LogP contribution >= 0.6 is 9.12 Å². The second-order valence-corrected chi connectivity index (χ2v) is 7.98. The molecule has 3 unspecified atom stereocenters. The van der Waals surface area contributed by atoms with Crippen molar-refractivity contribution in [2.75, 3.05) is 6.61 Å². The van der Waals surface area contributed by atoms with Crippen LogP contribution in [0.3, 0.4) is 0 Å². The maximum atomic E-state index is 13.6. The maximum absolute atomic E-state index is 13.6. The molecule has 36 heavy (non-hydrogen) atoms. The first-order valence-electron chi connectivity index (χ1n) is 11.2. The van der Waals surface area contributed by atoms with Crippen LogP contribution < -0.4 is 0 Å². The lowest BCUT2D eigenvalue weighted by molar-refractivity contribution is -0.147. The Morgan fingerprint density at radius 2 is 1.39 bits per heavy atom. The number of carbonyl (C=O) groups is 2. The van der Waals surface area contributed by atoms with E-state index in [-0.39, 0.29) is 18.1 Å². The van der Waals surface area contributed by atoms with Crippen LogP contribution in [0, 0.1) is 5.92 Å². The molecule has 2 aromatic rings. The van der Waals surface area contributed by atoms with Gasteiger partial charge in [-0.3, -0.25) is 9.59 Å². The van der Waals surface area contributed by atoms with Gasteiger partial charge in [0.2, 0.25) is 0 Å². The van der Waals surface area contributed by atoms with Crippen molar-refractivity contribution < 1.29 is 45.2 Å². The molecule has 3 atom stereocenters. The molecule has 0 fully saturated rings. The van der Waals surface area contributed by atoms with Crippen molar-refractivity contribution in [2.45, 2.75) is 57.8 Å². The molecule has 0 aliphatic rings. The first-order chi connectivity index (χ1) is 16.9. The minimum Gasteiger partial charge on any atom is -0.465 e. The summed E-state index contributed by atoms with van der Waals surface area (Å²) in [5.41, 5.74) is -5.15. The highest BCUT2D eigenvalue weighted by atomic mass is 31.0. The third-order valence-corrected chi connectivity index (χ3v) is 5.56. The molecular weight excluding hydrogens is 509 g/mol. The van der Waals surface area contributed by atoms with E-state index < -0.39 is 46.7 Å². The molecule has 11 heteroatoms. The van der Waals surface area contributed by atoms with Gasteiger partial charge in [-0.2, -0.15) is 26.3 Å². The average Bonchev–Trinajstić information content (AvgIpc) is 2.84. The zero-order chi connectivity index (χ0) is 27.5. The second-order valence-electron chi connectivity index (χ2n) is 7.98. The van der Waals surface area contributed by atoms with Gasteiger partial charge in [0.05, 0.1) is 17.7 Å². The molecule has 0 aromatic heterocycles. The third-order valence-electron chi connectivity index (χ3n) is 5.56. The van der Waals surface area contributed by atoms with E-state index in [0.29, 0.717) is 24.6 Å². The Bertz CT molecular complexity index is 960. The molecule has 0 spiro atoms. The van der Waals surface area contributed by atoms with Gasteiger partial charge in [-0.15, -0.1) is 0 Å².